The first-order chi connectivity index (χ1) is 7.36. The van der Waals surface area contributed by atoms with Crippen LogP contribution in [0, 0.1) is 0 Å². The average Bonchev–Trinajstić information content (AvgIpc) is 2.28. The molecule has 0 aliphatic carbocycles. The summed E-state index contributed by atoms with van der Waals surface area (Å²) in [6.45, 7) is 7.05. The number of aromatic nitrogens is 2. The van der Waals surface area contributed by atoms with Gasteiger partial charge in [0.15, 0.2) is 0 Å². The van der Waals surface area contributed by atoms with Gasteiger partial charge in [0.05, 0.1) is 18.1 Å². The highest BCUT2D eigenvalue weighted by Crippen LogP contribution is 2.00. The van der Waals surface area contributed by atoms with Gasteiger partial charge in [-0.15, -0.1) is 0 Å². The summed E-state index contributed by atoms with van der Waals surface area (Å²) in [4.78, 5) is 8.60. The Balaban J connectivity index is 2.35. The molecule has 0 saturated carbocycles. The van der Waals surface area contributed by atoms with Gasteiger partial charge in [0.2, 0.25) is 0 Å². The molecule has 1 rings (SSSR count). The molecule has 0 aromatic carbocycles. The summed E-state index contributed by atoms with van der Waals surface area (Å²) >= 11 is 0. The smallest absolute Gasteiger partial charge is 0.144 e. The van der Waals surface area contributed by atoms with Crippen LogP contribution in [0.15, 0.2) is 12.4 Å². The zero-order valence-electron chi connectivity index (χ0n) is 9.58. The molecule has 0 saturated heterocycles. The van der Waals surface area contributed by atoms with Crippen LogP contribution < -0.4 is 10.6 Å². The molecular weight excluding hydrogens is 188 g/mol. The molecule has 4 nitrogen and oxygen atoms in total. The zero-order valence-corrected chi connectivity index (χ0v) is 9.58. The predicted molar refractivity (Wildman–Crippen MR) is 62.8 cm³/mol. The largest absolute Gasteiger partial charge is 0.369 e. The van der Waals surface area contributed by atoms with Gasteiger partial charge in [0, 0.05) is 13.1 Å². The van der Waals surface area contributed by atoms with Crippen molar-refractivity contribution in [2.75, 3.05) is 18.4 Å². The molecule has 4 heteroatoms. The Morgan fingerprint density at radius 3 is 2.47 bits per heavy atom. The molecule has 0 radical (unpaired) electrons. The molecule has 0 unspecified atom stereocenters. The van der Waals surface area contributed by atoms with E-state index in [0.29, 0.717) is 0 Å². The van der Waals surface area contributed by atoms with Crippen LogP contribution in [-0.2, 0) is 6.54 Å². The van der Waals surface area contributed by atoms with Crippen molar-refractivity contribution in [2.24, 2.45) is 0 Å². The second-order valence-electron chi connectivity index (χ2n) is 3.50. The van der Waals surface area contributed by atoms with E-state index < -0.39 is 0 Å². The van der Waals surface area contributed by atoms with Gasteiger partial charge in [-0.1, -0.05) is 13.8 Å². The Bertz CT molecular complexity index is 258. The fraction of sp³-hybridized carbons (Fsp3) is 0.636. The molecular formula is C11H20N4. The molecule has 0 aliphatic rings. The molecule has 15 heavy (non-hydrogen) atoms. The van der Waals surface area contributed by atoms with Crippen molar-refractivity contribution < 1.29 is 0 Å². The quantitative estimate of drug-likeness (QED) is 0.671. The summed E-state index contributed by atoms with van der Waals surface area (Å²) in [5.41, 5.74) is 0.991. The molecule has 84 valence electrons. The van der Waals surface area contributed by atoms with Crippen LogP contribution in [0.2, 0.25) is 0 Å². The van der Waals surface area contributed by atoms with E-state index in [4.69, 9.17) is 0 Å². The van der Waals surface area contributed by atoms with Crippen molar-refractivity contribution >= 4 is 5.82 Å². The first kappa shape index (κ1) is 11.9. The maximum atomic E-state index is 4.32. The van der Waals surface area contributed by atoms with Gasteiger partial charge >= 0.3 is 0 Å². The van der Waals surface area contributed by atoms with E-state index in [1.807, 2.05) is 6.20 Å². The Morgan fingerprint density at radius 1 is 1.07 bits per heavy atom. The van der Waals surface area contributed by atoms with Crippen molar-refractivity contribution in [2.45, 2.75) is 33.2 Å². The molecule has 1 aromatic heterocycles. The normalized spacial score (nSPS) is 10.3. The lowest BCUT2D eigenvalue weighted by Gasteiger charge is -2.05. The highest BCUT2D eigenvalue weighted by atomic mass is 15.0. The van der Waals surface area contributed by atoms with Gasteiger partial charge in [0.1, 0.15) is 5.82 Å². The average molecular weight is 208 g/mol. The van der Waals surface area contributed by atoms with Crippen LogP contribution >= 0.6 is 0 Å². The molecule has 0 bridgehead atoms. The van der Waals surface area contributed by atoms with Crippen molar-refractivity contribution in [3.63, 3.8) is 0 Å². The minimum atomic E-state index is 0.800. The van der Waals surface area contributed by atoms with Gasteiger partial charge in [-0.05, 0) is 19.4 Å². The third-order valence-electron chi connectivity index (χ3n) is 1.99. The highest BCUT2D eigenvalue weighted by molar-refractivity contribution is 5.30. The fourth-order valence-corrected chi connectivity index (χ4v) is 1.18. The van der Waals surface area contributed by atoms with Gasteiger partial charge in [-0.3, -0.25) is 4.98 Å². The van der Waals surface area contributed by atoms with Gasteiger partial charge in [-0.25, -0.2) is 4.98 Å². The standard InChI is InChI=1S/C11H20N4/c1-3-5-12-7-10-8-15-11(9-14-10)13-6-4-2/h8-9,12H,3-7H2,1-2H3,(H,13,15). The van der Waals surface area contributed by atoms with Crippen LogP contribution in [0.3, 0.4) is 0 Å². The third-order valence-corrected chi connectivity index (χ3v) is 1.99. The van der Waals surface area contributed by atoms with Crippen LogP contribution in [0.4, 0.5) is 5.82 Å². The fourth-order valence-electron chi connectivity index (χ4n) is 1.18. The number of nitrogens with zero attached hydrogens (tertiary/aromatic N) is 2. The SMILES string of the molecule is CCCNCc1cnc(NCCC)cn1. The van der Waals surface area contributed by atoms with Crippen LogP contribution in [0.5, 0.6) is 0 Å². The Kier molecular flexibility index (Phi) is 5.70. The summed E-state index contributed by atoms with van der Waals surface area (Å²) in [5, 5.41) is 6.49. The van der Waals surface area contributed by atoms with Gasteiger partial charge < -0.3 is 10.6 Å². The van der Waals surface area contributed by atoms with E-state index in [2.05, 4.69) is 34.4 Å². The van der Waals surface area contributed by atoms with Gasteiger partial charge in [0.25, 0.3) is 0 Å². The Labute approximate surface area is 91.5 Å². The number of hydrogen-bond acceptors (Lipinski definition) is 4. The lowest BCUT2D eigenvalue weighted by atomic mass is 10.4. The van der Waals surface area contributed by atoms with E-state index in [0.717, 1.165) is 44.0 Å². The maximum Gasteiger partial charge on any atom is 0.144 e. The third kappa shape index (κ3) is 4.74. The molecule has 0 fully saturated rings. The monoisotopic (exact) mass is 208 g/mol. The Hall–Kier alpha value is -1.16. The molecule has 0 amide bonds. The Morgan fingerprint density at radius 2 is 1.87 bits per heavy atom. The lowest BCUT2D eigenvalue weighted by molar-refractivity contribution is 0.662. The van der Waals surface area contributed by atoms with Crippen LogP contribution in [-0.4, -0.2) is 23.1 Å². The van der Waals surface area contributed by atoms with Crippen molar-refractivity contribution in [1.82, 2.24) is 15.3 Å². The number of anilines is 1. The van der Waals surface area contributed by atoms with Crippen molar-refractivity contribution in [1.29, 1.82) is 0 Å². The summed E-state index contributed by atoms with van der Waals surface area (Å²) in [6.07, 6.45) is 5.85. The minimum Gasteiger partial charge on any atom is -0.369 e. The lowest BCUT2D eigenvalue weighted by Crippen LogP contribution is -2.15. The number of rotatable bonds is 7. The maximum absolute atomic E-state index is 4.32. The van der Waals surface area contributed by atoms with Crippen molar-refractivity contribution in [3.8, 4) is 0 Å². The van der Waals surface area contributed by atoms with E-state index in [9.17, 15) is 0 Å². The molecule has 2 N–H and O–H groups in total. The summed E-state index contributed by atoms with van der Waals surface area (Å²) in [5.74, 6) is 0.857. The molecule has 1 heterocycles. The van der Waals surface area contributed by atoms with E-state index in [-0.39, 0.29) is 0 Å². The molecule has 0 spiro atoms. The minimum absolute atomic E-state index is 0.800. The highest BCUT2D eigenvalue weighted by Gasteiger charge is 1.96. The van der Waals surface area contributed by atoms with Crippen LogP contribution in [0.25, 0.3) is 0 Å². The van der Waals surface area contributed by atoms with Crippen molar-refractivity contribution in [3.05, 3.63) is 18.1 Å². The second kappa shape index (κ2) is 7.17. The predicted octanol–water partition coefficient (Wildman–Crippen LogP) is 1.80. The first-order valence-corrected chi connectivity index (χ1v) is 5.62. The van der Waals surface area contributed by atoms with E-state index in [1.54, 1.807) is 6.20 Å². The molecule has 1 aromatic rings. The topological polar surface area (TPSA) is 49.8 Å². The van der Waals surface area contributed by atoms with E-state index in [1.165, 1.54) is 0 Å². The zero-order chi connectivity index (χ0) is 10.9. The van der Waals surface area contributed by atoms with Crippen LogP contribution in [0.1, 0.15) is 32.4 Å². The van der Waals surface area contributed by atoms with Gasteiger partial charge in [-0.2, -0.15) is 0 Å². The molecule has 0 aliphatic heterocycles. The summed E-state index contributed by atoms with van der Waals surface area (Å²) < 4.78 is 0. The van der Waals surface area contributed by atoms with E-state index >= 15 is 0 Å². The number of nitrogens with one attached hydrogen (secondary N) is 2. The summed E-state index contributed by atoms with van der Waals surface area (Å²) in [7, 11) is 0. The molecule has 0 atom stereocenters. The second-order valence-corrected chi connectivity index (χ2v) is 3.50. The summed E-state index contributed by atoms with van der Waals surface area (Å²) in [6, 6.07) is 0. The first-order valence-electron chi connectivity index (χ1n) is 5.62. The number of hydrogen-bond donors (Lipinski definition) is 2.